The van der Waals surface area contributed by atoms with Crippen LogP contribution in [0.5, 0.6) is 0 Å². The molecule has 0 saturated carbocycles. The highest BCUT2D eigenvalue weighted by Gasteiger charge is 2.38. The van der Waals surface area contributed by atoms with Gasteiger partial charge in [0.1, 0.15) is 11.9 Å². The van der Waals surface area contributed by atoms with E-state index in [1.54, 1.807) is 29.5 Å². The Bertz CT molecular complexity index is 924. The molecule has 1 amide bonds. The number of nitrogens with zero attached hydrogens (tertiary/aromatic N) is 2. The Hall–Kier alpha value is -2.79. The molecule has 126 valence electrons. The first-order valence-electron chi connectivity index (χ1n) is 7.94. The van der Waals surface area contributed by atoms with Crippen molar-refractivity contribution < 1.29 is 9.21 Å². The Kier molecular flexibility index (Phi) is 3.93. The number of hydrogen-bond donors (Lipinski definition) is 1. The van der Waals surface area contributed by atoms with Gasteiger partial charge in [0.15, 0.2) is 0 Å². The molecule has 0 unspecified atom stereocenters. The van der Waals surface area contributed by atoms with Gasteiger partial charge >= 0.3 is 0 Å². The Morgan fingerprint density at radius 1 is 1.28 bits per heavy atom. The first-order valence-corrected chi connectivity index (χ1v) is 8.32. The Morgan fingerprint density at radius 2 is 2.16 bits per heavy atom. The molecule has 4 rings (SSSR count). The molecule has 1 aliphatic rings. The summed E-state index contributed by atoms with van der Waals surface area (Å²) in [5, 5.41) is 4.11. The van der Waals surface area contributed by atoms with Crippen LogP contribution in [-0.4, -0.2) is 15.8 Å². The van der Waals surface area contributed by atoms with E-state index >= 15 is 0 Å². The minimum absolute atomic E-state index is 0.0661. The highest BCUT2D eigenvalue weighted by molar-refractivity contribution is 6.30. The van der Waals surface area contributed by atoms with Crippen molar-refractivity contribution in [1.29, 1.82) is 0 Å². The predicted octanol–water partition coefficient (Wildman–Crippen LogP) is 4.40. The molecule has 1 aromatic carbocycles. The van der Waals surface area contributed by atoms with E-state index < -0.39 is 0 Å². The van der Waals surface area contributed by atoms with E-state index in [0.29, 0.717) is 22.8 Å². The molecule has 3 heterocycles. The number of aryl methyl sites for hydroxylation is 1. The second-order valence-corrected chi connectivity index (χ2v) is 6.39. The number of furan rings is 1. The van der Waals surface area contributed by atoms with E-state index in [-0.39, 0.29) is 12.1 Å². The number of benzene rings is 1. The Morgan fingerprint density at radius 3 is 2.92 bits per heavy atom. The van der Waals surface area contributed by atoms with Crippen molar-refractivity contribution >= 4 is 23.2 Å². The number of halogens is 1. The van der Waals surface area contributed by atoms with Crippen molar-refractivity contribution in [2.45, 2.75) is 19.6 Å². The highest BCUT2D eigenvalue weighted by atomic mass is 35.5. The van der Waals surface area contributed by atoms with Crippen molar-refractivity contribution in [1.82, 2.24) is 9.88 Å². The summed E-state index contributed by atoms with van der Waals surface area (Å²) in [6.07, 6.45) is 2.94. The normalized spacial score (nSPS) is 16.2. The van der Waals surface area contributed by atoms with Crippen molar-refractivity contribution in [2.75, 3.05) is 5.32 Å². The third kappa shape index (κ3) is 2.87. The molecular formula is C19H16ClN3O2. The minimum atomic E-state index is -0.367. The fraction of sp³-hybridized carbons (Fsp3) is 0.158. The summed E-state index contributed by atoms with van der Waals surface area (Å²) in [6.45, 7) is 2.34. The topological polar surface area (TPSA) is 58.4 Å². The Labute approximate surface area is 150 Å². The van der Waals surface area contributed by atoms with Crippen molar-refractivity contribution in [3.8, 4) is 0 Å². The molecule has 1 N–H and O–H groups in total. The smallest absolute Gasteiger partial charge is 0.258 e. The van der Waals surface area contributed by atoms with Gasteiger partial charge in [-0.15, -0.1) is 0 Å². The monoisotopic (exact) mass is 353 g/mol. The molecule has 2 aromatic heterocycles. The lowest BCUT2D eigenvalue weighted by Crippen LogP contribution is -2.32. The lowest BCUT2D eigenvalue weighted by atomic mass is 10.1. The maximum absolute atomic E-state index is 12.8. The van der Waals surface area contributed by atoms with Gasteiger partial charge in [0.05, 0.1) is 24.1 Å². The molecule has 5 nitrogen and oxygen atoms in total. The molecule has 25 heavy (non-hydrogen) atoms. The summed E-state index contributed by atoms with van der Waals surface area (Å²) in [6, 6.07) is 12.9. The summed E-state index contributed by atoms with van der Waals surface area (Å²) < 4.78 is 5.42. The number of amides is 1. The van der Waals surface area contributed by atoms with Crippen LogP contribution in [0.3, 0.4) is 0 Å². The lowest BCUT2D eigenvalue weighted by molar-refractivity contribution is 0.0714. The van der Waals surface area contributed by atoms with Crippen LogP contribution in [0, 0.1) is 6.92 Å². The van der Waals surface area contributed by atoms with Gasteiger partial charge in [0.2, 0.25) is 0 Å². The molecule has 0 radical (unpaired) electrons. The zero-order valence-electron chi connectivity index (χ0n) is 13.6. The number of pyridine rings is 1. The second-order valence-electron chi connectivity index (χ2n) is 5.95. The zero-order chi connectivity index (χ0) is 17.4. The van der Waals surface area contributed by atoms with Crippen LogP contribution in [0.15, 0.2) is 59.3 Å². The summed E-state index contributed by atoms with van der Waals surface area (Å²) in [4.78, 5) is 19.0. The number of rotatable bonds is 4. The first kappa shape index (κ1) is 15.7. The SMILES string of the molecule is Cc1cc(Cl)ccc1N[C@H]1c2ncccc2C(=O)N1Cc1ccco1. The minimum Gasteiger partial charge on any atom is -0.467 e. The van der Waals surface area contributed by atoms with E-state index in [1.807, 2.05) is 37.3 Å². The molecule has 0 spiro atoms. The Balaban J connectivity index is 1.71. The quantitative estimate of drug-likeness (QED) is 0.755. The van der Waals surface area contributed by atoms with Gasteiger partial charge in [0.25, 0.3) is 5.91 Å². The highest BCUT2D eigenvalue weighted by Crippen LogP contribution is 2.35. The van der Waals surface area contributed by atoms with Gasteiger partial charge in [-0.1, -0.05) is 11.6 Å². The standard InChI is InChI=1S/C19H16ClN3O2/c1-12-10-13(20)6-7-16(12)22-18-17-15(5-2-8-21-17)19(24)23(18)11-14-4-3-9-25-14/h2-10,18,22H,11H2,1H3/t18-/m1/s1. The second kappa shape index (κ2) is 6.26. The van der Waals surface area contributed by atoms with Crippen molar-refractivity contribution in [2.24, 2.45) is 0 Å². The van der Waals surface area contributed by atoms with E-state index in [0.717, 1.165) is 17.0 Å². The molecule has 0 fully saturated rings. The van der Waals surface area contributed by atoms with Gasteiger partial charge in [0, 0.05) is 16.9 Å². The maximum atomic E-state index is 12.8. The van der Waals surface area contributed by atoms with Crippen LogP contribution in [0.4, 0.5) is 5.69 Å². The third-order valence-electron chi connectivity index (χ3n) is 4.29. The number of hydrogen-bond acceptors (Lipinski definition) is 4. The molecule has 1 aliphatic heterocycles. The molecule has 0 aliphatic carbocycles. The van der Waals surface area contributed by atoms with Crippen LogP contribution < -0.4 is 5.32 Å². The fourth-order valence-electron chi connectivity index (χ4n) is 3.05. The fourth-order valence-corrected chi connectivity index (χ4v) is 3.28. The molecule has 6 heteroatoms. The van der Waals surface area contributed by atoms with E-state index in [9.17, 15) is 4.79 Å². The summed E-state index contributed by atoms with van der Waals surface area (Å²) in [7, 11) is 0. The average molecular weight is 354 g/mol. The van der Waals surface area contributed by atoms with Crippen LogP contribution >= 0.6 is 11.6 Å². The largest absolute Gasteiger partial charge is 0.467 e. The number of fused-ring (bicyclic) bond motifs is 1. The average Bonchev–Trinajstić information content (AvgIpc) is 3.20. The predicted molar refractivity (Wildman–Crippen MR) is 95.4 cm³/mol. The van der Waals surface area contributed by atoms with Crippen LogP contribution in [0.25, 0.3) is 0 Å². The summed E-state index contributed by atoms with van der Waals surface area (Å²) in [5.41, 5.74) is 3.24. The van der Waals surface area contributed by atoms with Crippen molar-refractivity contribution in [3.05, 3.63) is 82.5 Å². The van der Waals surface area contributed by atoms with Crippen LogP contribution in [-0.2, 0) is 6.54 Å². The number of anilines is 1. The number of carbonyl (C=O) groups is 1. The van der Waals surface area contributed by atoms with Gasteiger partial charge in [-0.2, -0.15) is 0 Å². The van der Waals surface area contributed by atoms with E-state index in [1.165, 1.54) is 0 Å². The third-order valence-corrected chi connectivity index (χ3v) is 4.52. The van der Waals surface area contributed by atoms with Gasteiger partial charge in [-0.25, -0.2) is 0 Å². The van der Waals surface area contributed by atoms with Crippen LogP contribution in [0.1, 0.15) is 33.5 Å². The van der Waals surface area contributed by atoms with Gasteiger partial charge < -0.3 is 14.6 Å². The maximum Gasteiger partial charge on any atom is 0.258 e. The molecular weight excluding hydrogens is 338 g/mol. The molecule has 1 atom stereocenters. The molecule has 0 saturated heterocycles. The van der Waals surface area contributed by atoms with E-state index in [2.05, 4.69) is 10.3 Å². The van der Waals surface area contributed by atoms with Gasteiger partial charge in [-0.05, 0) is 55.0 Å². The van der Waals surface area contributed by atoms with Gasteiger partial charge in [-0.3, -0.25) is 9.78 Å². The number of carbonyl (C=O) groups excluding carboxylic acids is 1. The molecule has 3 aromatic rings. The summed E-state index contributed by atoms with van der Waals surface area (Å²) in [5.74, 6) is 0.657. The molecule has 0 bridgehead atoms. The van der Waals surface area contributed by atoms with Crippen LogP contribution in [0.2, 0.25) is 5.02 Å². The number of aromatic nitrogens is 1. The summed E-state index contributed by atoms with van der Waals surface area (Å²) >= 11 is 6.04. The lowest BCUT2D eigenvalue weighted by Gasteiger charge is -2.26. The zero-order valence-corrected chi connectivity index (χ0v) is 14.3. The van der Waals surface area contributed by atoms with Crippen molar-refractivity contribution in [3.63, 3.8) is 0 Å². The first-order chi connectivity index (χ1) is 12.1. The number of nitrogens with one attached hydrogen (secondary N) is 1. The van der Waals surface area contributed by atoms with E-state index in [4.69, 9.17) is 16.0 Å².